The molecule has 0 saturated heterocycles. The van der Waals surface area contributed by atoms with Crippen molar-refractivity contribution < 1.29 is 27.5 Å². The van der Waals surface area contributed by atoms with E-state index >= 15 is 0 Å². The van der Waals surface area contributed by atoms with Gasteiger partial charge in [0.1, 0.15) is 12.6 Å². The first-order chi connectivity index (χ1) is 21.3. The van der Waals surface area contributed by atoms with Crippen LogP contribution < -0.4 is 19.1 Å². The molecule has 1 aliphatic carbocycles. The number of ether oxygens (including phenoxy) is 2. The molecule has 0 heterocycles. The Balaban J connectivity index is 1.70. The first-order valence-electron chi connectivity index (χ1n) is 15.2. The average Bonchev–Trinajstić information content (AvgIpc) is 3.06. The minimum Gasteiger partial charge on any atom is -0.493 e. The van der Waals surface area contributed by atoms with Gasteiger partial charge >= 0.3 is 0 Å². The molecular weight excluding hydrogens is 578 g/mol. The van der Waals surface area contributed by atoms with E-state index in [1.807, 2.05) is 37.3 Å². The molecule has 0 radical (unpaired) electrons. The zero-order chi connectivity index (χ0) is 31.5. The van der Waals surface area contributed by atoms with E-state index in [0.717, 1.165) is 42.0 Å². The first kappa shape index (κ1) is 32.9. The van der Waals surface area contributed by atoms with Gasteiger partial charge in [-0.1, -0.05) is 74.7 Å². The monoisotopic (exact) mass is 621 g/mol. The zero-order valence-electron chi connectivity index (χ0n) is 25.8. The zero-order valence-corrected chi connectivity index (χ0v) is 26.6. The number of benzene rings is 3. The minimum absolute atomic E-state index is 0.0421. The Morgan fingerprint density at radius 1 is 0.886 bits per heavy atom. The molecule has 0 spiro atoms. The van der Waals surface area contributed by atoms with Gasteiger partial charge in [-0.15, -0.1) is 0 Å². The molecule has 2 amide bonds. The molecule has 4 rings (SSSR count). The topological polar surface area (TPSA) is 105 Å². The number of hydrogen-bond donors (Lipinski definition) is 1. The van der Waals surface area contributed by atoms with Crippen LogP contribution in [0.15, 0.2) is 83.8 Å². The maximum Gasteiger partial charge on any atom is 0.264 e. The van der Waals surface area contributed by atoms with Crippen molar-refractivity contribution in [3.05, 3.63) is 84.4 Å². The number of carbonyl (C=O) groups is 2. The summed E-state index contributed by atoms with van der Waals surface area (Å²) in [6.07, 6.45) is 6.03. The lowest BCUT2D eigenvalue weighted by Crippen LogP contribution is -2.54. The lowest BCUT2D eigenvalue weighted by atomic mass is 9.95. The summed E-state index contributed by atoms with van der Waals surface area (Å²) in [5.74, 6) is 0.0738. The van der Waals surface area contributed by atoms with Gasteiger partial charge in [-0.25, -0.2) is 8.42 Å². The van der Waals surface area contributed by atoms with Crippen molar-refractivity contribution in [2.45, 2.75) is 68.8 Å². The standard InChI is InChI=1S/C34H43N3O6S/c1-4-30(34(39)35-27-16-10-6-11-17-27)36(23-22-26-14-8-5-9-15-26)33(38)25-37(44(40,41)29-18-12-7-13-19-29)28-20-21-31(42-2)32(24-28)43-3/h5,7-9,12-15,18-21,24,27,30H,4,6,10-11,16-17,22-23,25H2,1-3H3,(H,35,39). The summed E-state index contributed by atoms with van der Waals surface area (Å²) in [6, 6.07) is 21.8. The summed E-state index contributed by atoms with van der Waals surface area (Å²) in [5, 5.41) is 3.18. The Morgan fingerprint density at radius 2 is 1.52 bits per heavy atom. The quantitative estimate of drug-likeness (QED) is 0.265. The fraction of sp³-hybridized carbons (Fsp3) is 0.412. The summed E-state index contributed by atoms with van der Waals surface area (Å²) in [6.45, 7) is 1.63. The van der Waals surface area contributed by atoms with Gasteiger partial charge in [0.2, 0.25) is 11.8 Å². The predicted molar refractivity (Wildman–Crippen MR) is 171 cm³/mol. The van der Waals surface area contributed by atoms with E-state index < -0.39 is 28.5 Å². The van der Waals surface area contributed by atoms with Crippen LogP contribution in [-0.2, 0) is 26.0 Å². The average molecular weight is 622 g/mol. The van der Waals surface area contributed by atoms with Gasteiger partial charge in [0.05, 0.1) is 24.8 Å². The van der Waals surface area contributed by atoms with Crippen LogP contribution in [0.1, 0.15) is 51.0 Å². The van der Waals surface area contributed by atoms with Gasteiger partial charge < -0.3 is 19.7 Å². The second-order valence-electron chi connectivity index (χ2n) is 11.0. The molecule has 10 heteroatoms. The van der Waals surface area contributed by atoms with Crippen molar-refractivity contribution in [2.24, 2.45) is 0 Å². The van der Waals surface area contributed by atoms with Gasteiger partial charge in [-0.2, -0.15) is 0 Å². The molecule has 236 valence electrons. The van der Waals surface area contributed by atoms with Crippen molar-refractivity contribution >= 4 is 27.5 Å². The number of sulfonamides is 1. The summed E-state index contributed by atoms with van der Waals surface area (Å²) in [5.41, 5.74) is 1.25. The van der Waals surface area contributed by atoms with E-state index in [-0.39, 0.29) is 29.1 Å². The van der Waals surface area contributed by atoms with E-state index in [0.29, 0.717) is 24.3 Å². The maximum absolute atomic E-state index is 14.3. The number of nitrogens with zero attached hydrogens (tertiary/aromatic N) is 2. The van der Waals surface area contributed by atoms with Crippen LogP contribution in [-0.4, -0.2) is 64.5 Å². The van der Waals surface area contributed by atoms with E-state index in [1.165, 1.54) is 32.4 Å². The van der Waals surface area contributed by atoms with Crippen LogP contribution in [0.4, 0.5) is 5.69 Å². The Kier molecular flexibility index (Phi) is 11.7. The highest BCUT2D eigenvalue weighted by Crippen LogP contribution is 2.34. The number of nitrogens with one attached hydrogen (secondary N) is 1. The molecule has 0 bridgehead atoms. The Labute approximate surface area is 261 Å². The number of anilines is 1. The maximum atomic E-state index is 14.3. The molecule has 1 fully saturated rings. The SMILES string of the molecule is CCC(C(=O)NC1CCCCC1)N(CCc1ccccc1)C(=O)CN(c1ccc(OC)c(OC)c1)S(=O)(=O)c1ccccc1. The summed E-state index contributed by atoms with van der Waals surface area (Å²) >= 11 is 0. The van der Waals surface area contributed by atoms with Crippen LogP contribution in [0.5, 0.6) is 11.5 Å². The van der Waals surface area contributed by atoms with Gasteiger partial charge in [0.25, 0.3) is 10.0 Å². The fourth-order valence-electron chi connectivity index (χ4n) is 5.67. The molecule has 1 unspecified atom stereocenters. The highest BCUT2D eigenvalue weighted by atomic mass is 32.2. The second kappa shape index (κ2) is 15.6. The third kappa shape index (κ3) is 8.11. The third-order valence-electron chi connectivity index (χ3n) is 8.09. The van der Waals surface area contributed by atoms with Gasteiger partial charge in [0, 0.05) is 18.7 Å². The lowest BCUT2D eigenvalue weighted by molar-refractivity contribution is -0.140. The summed E-state index contributed by atoms with van der Waals surface area (Å²) < 4.78 is 40.0. The summed E-state index contributed by atoms with van der Waals surface area (Å²) in [7, 11) is -1.22. The van der Waals surface area contributed by atoms with Crippen LogP contribution in [0.2, 0.25) is 0 Å². The fourth-order valence-corrected chi connectivity index (χ4v) is 7.10. The van der Waals surface area contributed by atoms with E-state index in [1.54, 1.807) is 35.2 Å². The Hall–Kier alpha value is -4.05. The number of hydrogen-bond acceptors (Lipinski definition) is 6. The molecule has 1 aliphatic rings. The smallest absolute Gasteiger partial charge is 0.264 e. The molecule has 3 aromatic rings. The van der Waals surface area contributed by atoms with E-state index in [9.17, 15) is 18.0 Å². The molecule has 44 heavy (non-hydrogen) atoms. The number of methoxy groups -OCH3 is 2. The largest absolute Gasteiger partial charge is 0.493 e. The molecule has 1 atom stereocenters. The van der Waals surface area contributed by atoms with Crippen molar-refractivity contribution in [1.82, 2.24) is 10.2 Å². The van der Waals surface area contributed by atoms with E-state index in [2.05, 4.69) is 5.32 Å². The first-order valence-corrected chi connectivity index (χ1v) is 16.7. The number of amides is 2. The molecule has 1 saturated carbocycles. The normalized spacial score (nSPS) is 14.3. The van der Waals surface area contributed by atoms with Crippen molar-refractivity contribution in [1.29, 1.82) is 0 Å². The number of rotatable bonds is 14. The minimum atomic E-state index is -4.18. The van der Waals surface area contributed by atoms with Crippen molar-refractivity contribution in [2.75, 3.05) is 31.6 Å². The van der Waals surface area contributed by atoms with Crippen LogP contribution in [0.25, 0.3) is 0 Å². The van der Waals surface area contributed by atoms with E-state index in [4.69, 9.17) is 9.47 Å². The molecule has 0 aliphatic heterocycles. The summed E-state index contributed by atoms with van der Waals surface area (Å²) in [4.78, 5) is 29.5. The van der Waals surface area contributed by atoms with Crippen LogP contribution in [0, 0.1) is 0 Å². The highest BCUT2D eigenvalue weighted by molar-refractivity contribution is 7.92. The van der Waals surface area contributed by atoms with Crippen LogP contribution >= 0.6 is 0 Å². The lowest BCUT2D eigenvalue weighted by Gasteiger charge is -2.34. The Morgan fingerprint density at radius 3 is 2.14 bits per heavy atom. The van der Waals surface area contributed by atoms with Crippen LogP contribution in [0.3, 0.4) is 0 Å². The third-order valence-corrected chi connectivity index (χ3v) is 9.87. The van der Waals surface area contributed by atoms with Gasteiger partial charge in [0.15, 0.2) is 11.5 Å². The molecule has 3 aromatic carbocycles. The van der Waals surface area contributed by atoms with Gasteiger partial charge in [-0.05, 0) is 55.5 Å². The molecular formula is C34H43N3O6S. The van der Waals surface area contributed by atoms with Crippen molar-refractivity contribution in [3.63, 3.8) is 0 Å². The second-order valence-corrected chi connectivity index (χ2v) is 12.8. The predicted octanol–water partition coefficient (Wildman–Crippen LogP) is 5.20. The Bertz CT molecular complexity index is 1480. The molecule has 0 aromatic heterocycles. The molecule has 9 nitrogen and oxygen atoms in total. The number of carbonyl (C=O) groups excluding carboxylic acids is 2. The van der Waals surface area contributed by atoms with Gasteiger partial charge in [-0.3, -0.25) is 13.9 Å². The van der Waals surface area contributed by atoms with Crippen molar-refractivity contribution in [3.8, 4) is 11.5 Å². The molecule has 1 N–H and O–H groups in total. The highest BCUT2D eigenvalue weighted by Gasteiger charge is 2.34.